The Kier molecular flexibility index (Phi) is 7.10. The number of carbonyl (C=O) groups excluding carboxylic acids is 1. The molecule has 2 atom stereocenters. The van der Waals surface area contributed by atoms with Crippen molar-refractivity contribution in [3.05, 3.63) is 0 Å². The van der Waals surface area contributed by atoms with Gasteiger partial charge in [-0.05, 0) is 33.1 Å². The number of amides is 1. The summed E-state index contributed by atoms with van der Waals surface area (Å²) in [5, 5.41) is 12.8. The molecule has 1 rings (SSSR count). The van der Waals surface area contributed by atoms with Crippen LogP contribution in [0.2, 0.25) is 0 Å². The standard InChI is InChI=1S/C15H28ClNO3/c1-15(2,3)20-14(19)17-12(13(18)10-16)9-11-7-5-4-6-8-11/h11-13,18H,4-10H2,1-3H3,(H,17,19)/t12-,13+/m0/s1. The van der Waals surface area contributed by atoms with Crippen LogP contribution < -0.4 is 5.32 Å². The molecular formula is C15H28ClNO3. The quantitative estimate of drug-likeness (QED) is 0.765. The number of aliphatic hydroxyl groups is 1. The highest BCUT2D eigenvalue weighted by atomic mass is 35.5. The summed E-state index contributed by atoms with van der Waals surface area (Å²) in [6.07, 6.45) is 5.66. The topological polar surface area (TPSA) is 58.6 Å². The Morgan fingerprint density at radius 1 is 1.35 bits per heavy atom. The third-order valence-corrected chi connectivity index (χ3v) is 3.95. The molecule has 0 aromatic rings. The lowest BCUT2D eigenvalue weighted by Gasteiger charge is -2.30. The number of hydrogen-bond donors (Lipinski definition) is 2. The molecule has 0 saturated heterocycles. The predicted molar refractivity (Wildman–Crippen MR) is 81.1 cm³/mol. The molecule has 0 spiro atoms. The Labute approximate surface area is 127 Å². The van der Waals surface area contributed by atoms with Gasteiger partial charge in [-0.25, -0.2) is 4.79 Å². The maximum Gasteiger partial charge on any atom is 0.407 e. The number of aliphatic hydroxyl groups excluding tert-OH is 1. The maximum atomic E-state index is 11.8. The Morgan fingerprint density at radius 2 is 1.95 bits per heavy atom. The number of alkyl carbamates (subject to hydrolysis) is 1. The van der Waals surface area contributed by atoms with E-state index in [4.69, 9.17) is 16.3 Å². The molecule has 0 unspecified atom stereocenters. The van der Waals surface area contributed by atoms with Crippen LogP contribution in [0.1, 0.15) is 59.3 Å². The van der Waals surface area contributed by atoms with Gasteiger partial charge in [0, 0.05) is 0 Å². The molecule has 0 aromatic heterocycles. The molecule has 1 fully saturated rings. The average molecular weight is 306 g/mol. The summed E-state index contributed by atoms with van der Waals surface area (Å²) in [4.78, 5) is 11.8. The van der Waals surface area contributed by atoms with E-state index in [9.17, 15) is 9.90 Å². The molecule has 1 amide bonds. The summed E-state index contributed by atoms with van der Waals surface area (Å²) >= 11 is 5.74. The van der Waals surface area contributed by atoms with Crippen molar-refractivity contribution in [2.45, 2.75) is 77.0 Å². The first-order valence-electron chi connectivity index (χ1n) is 7.55. The van der Waals surface area contributed by atoms with E-state index < -0.39 is 17.8 Å². The summed E-state index contributed by atoms with van der Waals surface area (Å²) in [6, 6.07) is -0.328. The number of nitrogens with one attached hydrogen (secondary N) is 1. The molecule has 5 heteroatoms. The fraction of sp³-hybridized carbons (Fsp3) is 0.933. The summed E-state index contributed by atoms with van der Waals surface area (Å²) < 4.78 is 5.25. The zero-order chi connectivity index (χ0) is 15.2. The van der Waals surface area contributed by atoms with Crippen molar-refractivity contribution >= 4 is 17.7 Å². The number of halogens is 1. The molecule has 0 aromatic carbocycles. The molecule has 0 bridgehead atoms. The SMILES string of the molecule is CC(C)(C)OC(=O)N[C@@H](CC1CCCCC1)[C@H](O)CCl. The Bertz CT molecular complexity index is 298. The minimum absolute atomic E-state index is 0.118. The Balaban J connectivity index is 2.52. The zero-order valence-corrected chi connectivity index (χ0v) is 13.6. The molecule has 1 aliphatic rings. The van der Waals surface area contributed by atoms with Crippen LogP contribution in [0.15, 0.2) is 0 Å². The molecule has 20 heavy (non-hydrogen) atoms. The lowest BCUT2D eigenvalue weighted by atomic mass is 9.84. The van der Waals surface area contributed by atoms with Crippen LogP contribution in [0.25, 0.3) is 0 Å². The van der Waals surface area contributed by atoms with Crippen molar-refractivity contribution in [2.24, 2.45) is 5.92 Å². The van der Waals surface area contributed by atoms with E-state index in [1.807, 2.05) is 20.8 Å². The summed E-state index contributed by atoms with van der Waals surface area (Å²) in [5.74, 6) is 0.675. The van der Waals surface area contributed by atoms with Crippen molar-refractivity contribution in [1.29, 1.82) is 0 Å². The first kappa shape index (κ1) is 17.6. The van der Waals surface area contributed by atoms with Crippen LogP contribution in [-0.2, 0) is 4.74 Å². The van der Waals surface area contributed by atoms with Gasteiger partial charge in [0.05, 0.1) is 18.0 Å². The fourth-order valence-electron chi connectivity index (χ4n) is 2.66. The fourth-order valence-corrected chi connectivity index (χ4v) is 2.88. The second kappa shape index (κ2) is 8.08. The van der Waals surface area contributed by atoms with Gasteiger partial charge in [0.25, 0.3) is 0 Å². The minimum atomic E-state index is -0.730. The van der Waals surface area contributed by atoms with E-state index in [1.54, 1.807) is 0 Å². The van der Waals surface area contributed by atoms with E-state index in [0.717, 1.165) is 6.42 Å². The van der Waals surface area contributed by atoms with Gasteiger partial charge in [0.1, 0.15) is 5.60 Å². The third kappa shape index (κ3) is 6.80. The molecule has 0 heterocycles. The molecular weight excluding hydrogens is 278 g/mol. The third-order valence-electron chi connectivity index (χ3n) is 3.64. The van der Waals surface area contributed by atoms with Gasteiger partial charge < -0.3 is 15.2 Å². The van der Waals surface area contributed by atoms with Crippen LogP contribution in [0.3, 0.4) is 0 Å². The van der Waals surface area contributed by atoms with E-state index in [-0.39, 0.29) is 11.9 Å². The number of rotatable bonds is 5. The molecule has 0 radical (unpaired) electrons. The van der Waals surface area contributed by atoms with Gasteiger partial charge in [0.15, 0.2) is 0 Å². The molecule has 0 aliphatic heterocycles. The van der Waals surface area contributed by atoms with Crippen LogP contribution in [-0.4, -0.2) is 34.8 Å². The average Bonchev–Trinajstić information content (AvgIpc) is 2.36. The molecule has 1 aliphatic carbocycles. The lowest BCUT2D eigenvalue weighted by Crippen LogP contribution is -2.47. The highest BCUT2D eigenvalue weighted by molar-refractivity contribution is 6.18. The van der Waals surface area contributed by atoms with Crippen molar-refractivity contribution in [3.8, 4) is 0 Å². The summed E-state index contributed by atoms with van der Waals surface area (Å²) in [6.45, 7) is 5.46. The second-order valence-corrected chi connectivity index (χ2v) is 7.02. The van der Waals surface area contributed by atoms with Crippen LogP contribution in [0.4, 0.5) is 4.79 Å². The van der Waals surface area contributed by atoms with Gasteiger partial charge in [-0.3, -0.25) is 0 Å². The smallest absolute Gasteiger partial charge is 0.407 e. The molecule has 1 saturated carbocycles. The maximum absolute atomic E-state index is 11.8. The minimum Gasteiger partial charge on any atom is -0.444 e. The van der Waals surface area contributed by atoms with Gasteiger partial charge >= 0.3 is 6.09 Å². The van der Waals surface area contributed by atoms with Crippen LogP contribution in [0.5, 0.6) is 0 Å². The number of alkyl halides is 1. The molecule has 4 nitrogen and oxygen atoms in total. The first-order chi connectivity index (χ1) is 9.31. The van der Waals surface area contributed by atoms with Gasteiger partial charge in [-0.15, -0.1) is 11.6 Å². The van der Waals surface area contributed by atoms with E-state index in [0.29, 0.717) is 5.92 Å². The highest BCUT2D eigenvalue weighted by Gasteiger charge is 2.27. The van der Waals surface area contributed by atoms with Crippen LogP contribution in [0, 0.1) is 5.92 Å². The van der Waals surface area contributed by atoms with Gasteiger partial charge in [-0.1, -0.05) is 32.1 Å². The van der Waals surface area contributed by atoms with E-state index in [2.05, 4.69) is 5.32 Å². The predicted octanol–water partition coefficient (Wildman–Crippen LogP) is 3.45. The zero-order valence-electron chi connectivity index (χ0n) is 12.8. The highest BCUT2D eigenvalue weighted by Crippen LogP contribution is 2.28. The first-order valence-corrected chi connectivity index (χ1v) is 8.09. The van der Waals surface area contributed by atoms with E-state index >= 15 is 0 Å². The van der Waals surface area contributed by atoms with Crippen molar-refractivity contribution in [1.82, 2.24) is 5.32 Å². The lowest BCUT2D eigenvalue weighted by molar-refractivity contribution is 0.0415. The summed E-state index contributed by atoms with van der Waals surface area (Å²) in [7, 11) is 0. The van der Waals surface area contributed by atoms with E-state index in [1.165, 1.54) is 32.1 Å². The number of ether oxygens (including phenoxy) is 1. The summed E-state index contributed by atoms with van der Waals surface area (Å²) in [5.41, 5.74) is -0.536. The normalized spacial score (nSPS) is 20.2. The second-order valence-electron chi connectivity index (χ2n) is 6.71. The van der Waals surface area contributed by atoms with Crippen molar-refractivity contribution in [3.63, 3.8) is 0 Å². The monoisotopic (exact) mass is 305 g/mol. The Morgan fingerprint density at radius 3 is 2.45 bits per heavy atom. The van der Waals surface area contributed by atoms with Crippen molar-refractivity contribution in [2.75, 3.05) is 5.88 Å². The van der Waals surface area contributed by atoms with Crippen molar-refractivity contribution < 1.29 is 14.6 Å². The van der Waals surface area contributed by atoms with Gasteiger partial charge in [-0.2, -0.15) is 0 Å². The number of hydrogen-bond acceptors (Lipinski definition) is 3. The van der Waals surface area contributed by atoms with Crippen LogP contribution >= 0.6 is 11.6 Å². The largest absolute Gasteiger partial charge is 0.444 e. The Hall–Kier alpha value is -0.480. The number of carbonyl (C=O) groups is 1. The van der Waals surface area contributed by atoms with Gasteiger partial charge in [0.2, 0.25) is 0 Å². The molecule has 118 valence electrons. The molecule has 2 N–H and O–H groups in total.